The van der Waals surface area contributed by atoms with E-state index in [9.17, 15) is 0 Å². The number of aliphatic imine (C=N–C) groups is 1. The Bertz CT molecular complexity index is 460. The topological polar surface area (TPSA) is 36.7 Å². The fourth-order valence-electron chi connectivity index (χ4n) is 2.77. The molecular formula is C14H25N5. The first-order valence-corrected chi connectivity index (χ1v) is 6.93. The van der Waals surface area contributed by atoms with E-state index in [2.05, 4.69) is 5.10 Å². The van der Waals surface area contributed by atoms with E-state index in [1.807, 2.05) is 49.7 Å². The molecule has 0 saturated carbocycles. The molecule has 0 spiro atoms. The maximum Gasteiger partial charge on any atom is 0.195 e. The molecule has 5 heteroatoms. The minimum Gasteiger partial charge on any atom is -0.349 e. The van der Waals surface area contributed by atoms with Crippen LogP contribution in [0.3, 0.4) is 0 Å². The van der Waals surface area contributed by atoms with E-state index < -0.39 is 0 Å². The van der Waals surface area contributed by atoms with Gasteiger partial charge in [0.25, 0.3) is 0 Å². The molecule has 1 aliphatic rings. The Morgan fingerprint density at radius 3 is 2.42 bits per heavy atom. The monoisotopic (exact) mass is 263 g/mol. The first-order chi connectivity index (χ1) is 9.00. The van der Waals surface area contributed by atoms with Crippen LogP contribution in [-0.2, 0) is 26.4 Å². The zero-order valence-electron chi connectivity index (χ0n) is 12.8. The Morgan fingerprint density at radius 2 is 1.79 bits per heavy atom. The van der Waals surface area contributed by atoms with Gasteiger partial charge in [0, 0.05) is 35.2 Å². The zero-order valence-corrected chi connectivity index (χ0v) is 12.8. The van der Waals surface area contributed by atoms with Gasteiger partial charge in [-0.1, -0.05) is 0 Å². The van der Waals surface area contributed by atoms with Gasteiger partial charge in [0.1, 0.15) is 0 Å². The number of aromatic nitrogens is 2. The van der Waals surface area contributed by atoms with Gasteiger partial charge < -0.3 is 9.80 Å². The summed E-state index contributed by atoms with van der Waals surface area (Å²) >= 11 is 0. The maximum absolute atomic E-state index is 4.74. The second-order valence-corrected chi connectivity index (χ2v) is 5.61. The molecule has 2 rings (SSSR count). The van der Waals surface area contributed by atoms with E-state index in [1.54, 1.807) is 0 Å². The van der Waals surface area contributed by atoms with Crippen LogP contribution < -0.4 is 0 Å². The normalized spacial score (nSPS) is 13.9. The Morgan fingerprint density at radius 1 is 1.16 bits per heavy atom. The second kappa shape index (κ2) is 5.63. The lowest BCUT2D eigenvalue weighted by atomic mass is 9.96. The summed E-state index contributed by atoms with van der Waals surface area (Å²) in [5.41, 5.74) is 4.00. The molecule has 106 valence electrons. The van der Waals surface area contributed by atoms with Crippen LogP contribution in [0.4, 0.5) is 0 Å². The van der Waals surface area contributed by atoms with E-state index in [0.29, 0.717) is 6.54 Å². The van der Waals surface area contributed by atoms with Gasteiger partial charge >= 0.3 is 0 Å². The zero-order chi connectivity index (χ0) is 14.0. The Balaban J connectivity index is 2.24. The molecule has 1 aromatic heterocycles. The van der Waals surface area contributed by atoms with Crippen molar-refractivity contribution >= 4 is 5.96 Å². The van der Waals surface area contributed by atoms with Crippen molar-refractivity contribution in [3.05, 3.63) is 17.0 Å². The summed E-state index contributed by atoms with van der Waals surface area (Å²) in [6.45, 7) is 0.713. The number of guanidine groups is 1. The molecule has 0 radical (unpaired) electrons. The number of aryl methyl sites for hydroxylation is 2. The third kappa shape index (κ3) is 2.91. The van der Waals surface area contributed by atoms with Crippen LogP contribution in [0, 0.1) is 0 Å². The minimum absolute atomic E-state index is 0.713. The maximum atomic E-state index is 4.74. The molecule has 0 unspecified atom stereocenters. The number of hydrogen-bond donors (Lipinski definition) is 0. The lowest BCUT2D eigenvalue weighted by Crippen LogP contribution is -2.35. The van der Waals surface area contributed by atoms with E-state index in [0.717, 1.165) is 18.8 Å². The van der Waals surface area contributed by atoms with Gasteiger partial charge in [0.15, 0.2) is 5.96 Å². The smallest absolute Gasteiger partial charge is 0.195 e. The predicted octanol–water partition coefficient (Wildman–Crippen LogP) is 1.28. The van der Waals surface area contributed by atoms with Crippen molar-refractivity contribution in [1.29, 1.82) is 0 Å². The lowest BCUT2D eigenvalue weighted by Gasteiger charge is -2.22. The van der Waals surface area contributed by atoms with Crippen molar-refractivity contribution in [3.63, 3.8) is 0 Å². The van der Waals surface area contributed by atoms with E-state index >= 15 is 0 Å². The number of rotatable bonds is 2. The van der Waals surface area contributed by atoms with Crippen LogP contribution in [0.1, 0.15) is 29.8 Å². The van der Waals surface area contributed by atoms with Crippen LogP contribution in [0.5, 0.6) is 0 Å². The van der Waals surface area contributed by atoms with Gasteiger partial charge in [-0.3, -0.25) is 4.68 Å². The van der Waals surface area contributed by atoms with E-state index in [1.165, 1.54) is 29.8 Å². The average Bonchev–Trinajstić information content (AvgIpc) is 2.65. The van der Waals surface area contributed by atoms with Crippen molar-refractivity contribution in [2.75, 3.05) is 28.2 Å². The highest BCUT2D eigenvalue weighted by molar-refractivity contribution is 5.79. The first kappa shape index (κ1) is 13.9. The van der Waals surface area contributed by atoms with Crippen LogP contribution in [0.2, 0.25) is 0 Å². The molecule has 0 N–H and O–H groups in total. The van der Waals surface area contributed by atoms with E-state index in [-0.39, 0.29) is 0 Å². The van der Waals surface area contributed by atoms with Crippen molar-refractivity contribution in [2.45, 2.75) is 32.2 Å². The van der Waals surface area contributed by atoms with Crippen LogP contribution >= 0.6 is 0 Å². The van der Waals surface area contributed by atoms with Gasteiger partial charge in [-0.15, -0.1) is 0 Å². The highest BCUT2D eigenvalue weighted by Gasteiger charge is 2.19. The van der Waals surface area contributed by atoms with Crippen LogP contribution in [-0.4, -0.2) is 53.7 Å². The number of hydrogen-bond acceptors (Lipinski definition) is 2. The third-order valence-electron chi connectivity index (χ3n) is 3.62. The Labute approximate surface area is 115 Å². The second-order valence-electron chi connectivity index (χ2n) is 5.61. The SMILES string of the molecule is CN(C)C(=NCc1c2c(nn1C)CCCC2)N(C)C. The van der Waals surface area contributed by atoms with Gasteiger partial charge in [0.2, 0.25) is 0 Å². The van der Waals surface area contributed by atoms with Crippen molar-refractivity contribution in [3.8, 4) is 0 Å². The standard InChI is InChI=1S/C14H25N5/c1-17(2)14(18(3)4)15-10-13-11-8-6-7-9-12(11)16-19(13)5/h6-10H2,1-5H3. The summed E-state index contributed by atoms with van der Waals surface area (Å²) in [5, 5.41) is 4.64. The summed E-state index contributed by atoms with van der Waals surface area (Å²) in [6, 6.07) is 0. The highest BCUT2D eigenvalue weighted by atomic mass is 15.3. The molecule has 5 nitrogen and oxygen atoms in total. The van der Waals surface area contributed by atoms with Gasteiger partial charge in [-0.05, 0) is 31.2 Å². The molecule has 0 aromatic carbocycles. The molecule has 0 bridgehead atoms. The molecule has 0 aliphatic heterocycles. The summed E-state index contributed by atoms with van der Waals surface area (Å²) in [5.74, 6) is 0.991. The molecule has 0 atom stereocenters. The Kier molecular flexibility index (Phi) is 4.12. The summed E-state index contributed by atoms with van der Waals surface area (Å²) in [6.07, 6.45) is 4.84. The van der Waals surface area contributed by atoms with E-state index in [4.69, 9.17) is 4.99 Å². The quantitative estimate of drug-likeness (QED) is 0.596. The first-order valence-electron chi connectivity index (χ1n) is 6.93. The van der Waals surface area contributed by atoms with Crippen molar-refractivity contribution in [2.24, 2.45) is 12.0 Å². The fourth-order valence-corrected chi connectivity index (χ4v) is 2.77. The third-order valence-corrected chi connectivity index (χ3v) is 3.62. The minimum atomic E-state index is 0.713. The largest absolute Gasteiger partial charge is 0.349 e. The molecule has 1 heterocycles. The Hall–Kier alpha value is -1.52. The van der Waals surface area contributed by atoms with Crippen LogP contribution in [0.25, 0.3) is 0 Å². The summed E-state index contributed by atoms with van der Waals surface area (Å²) < 4.78 is 2.02. The molecule has 0 saturated heterocycles. The van der Waals surface area contributed by atoms with Gasteiger partial charge in [-0.2, -0.15) is 5.10 Å². The van der Waals surface area contributed by atoms with Crippen molar-refractivity contribution < 1.29 is 0 Å². The summed E-state index contributed by atoms with van der Waals surface area (Å²) in [7, 11) is 10.1. The molecule has 1 aliphatic carbocycles. The molecular weight excluding hydrogens is 238 g/mol. The lowest BCUT2D eigenvalue weighted by molar-refractivity contribution is 0.478. The van der Waals surface area contributed by atoms with Gasteiger partial charge in [0.05, 0.1) is 17.9 Å². The average molecular weight is 263 g/mol. The van der Waals surface area contributed by atoms with Crippen molar-refractivity contribution in [1.82, 2.24) is 19.6 Å². The fraction of sp³-hybridized carbons (Fsp3) is 0.714. The highest BCUT2D eigenvalue weighted by Crippen LogP contribution is 2.24. The molecule has 0 fully saturated rings. The molecule has 1 aromatic rings. The number of nitrogens with zero attached hydrogens (tertiary/aromatic N) is 5. The van der Waals surface area contributed by atoms with Crippen LogP contribution in [0.15, 0.2) is 4.99 Å². The van der Waals surface area contributed by atoms with Gasteiger partial charge in [-0.25, -0.2) is 4.99 Å². The molecule has 0 amide bonds. The predicted molar refractivity (Wildman–Crippen MR) is 78.4 cm³/mol. The molecule has 19 heavy (non-hydrogen) atoms. The number of fused-ring (bicyclic) bond motifs is 1. The summed E-state index contributed by atoms with van der Waals surface area (Å²) in [4.78, 5) is 8.83.